The van der Waals surface area contributed by atoms with Crippen LogP contribution in [0.25, 0.3) is 0 Å². The lowest BCUT2D eigenvalue weighted by Gasteiger charge is -2.26. The van der Waals surface area contributed by atoms with Crippen LogP contribution in [0.5, 0.6) is 0 Å². The lowest BCUT2D eigenvalue weighted by atomic mass is 10.1. The highest BCUT2D eigenvalue weighted by Gasteiger charge is 2.22. The fraction of sp³-hybridized carbons (Fsp3) is 0.375. The van der Waals surface area contributed by atoms with Crippen molar-refractivity contribution in [1.82, 2.24) is 14.7 Å². The SMILES string of the molecule is Cc1nn(C)cc1C(=O)N(Cc1ccccc1)C(C)C. The maximum atomic E-state index is 12.7. The average molecular weight is 271 g/mol. The van der Waals surface area contributed by atoms with Gasteiger partial charge in [0.05, 0.1) is 11.3 Å². The first-order valence-corrected chi connectivity index (χ1v) is 6.84. The highest BCUT2D eigenvalue weighted by Crippen LogP contribution is 2.15. The second kappa shape index (κ2) is 5.90. The van der Waals surface area contributed by atoms with Gasteiger partial charge in [-0.2, -0.15) is 5.10 Å². The molecule has 4 nitrogen and oxygen atoms in total. The minimum atomic E-state index is 0.0365. The number of hydrogen-bond donors (Lipinski definition) is 0. The molecule has 2 rings (SSSR count). The molecule has 0 atom stereocenters. The summed E-state index contributed by atoms with van der Waals surface area (Å²) in [6.45, 7) is 6.55. The minimum absolute atomic E-state index is 0.0365. The predicted octanol–water partition coefficient (Wildman–Crippen LogP) is 2.78. The summed E-state index contributed by atoms with van der Waals surface area (Å²) in [5.41, 5.74) is 2.59. The van der Waals surface area contributed by atoms with Crippen LogP contribution >= 0.6 is 0 Å². The van der Waals surface area contributed by atoms with Gasteiger partial charge in [0.2, 0.25) is 0 Å². The Morgan fingerprint density at radius 1 is 1.30 bits per heavy atom. The van der Waals surface area contributed by atoms with E-state index in [9.17, 15) is 4.79 Å². The Morgan fingerprint density at radius 2 is 1.95 bits per heavy atom. The van der Waals surface area contributed by atoms with Gasteiger partial charge in [-0.3, -0.25) is 9.48 Å². The van der Waals surface area contributed by atoms with Gasteiger partial charge in [0.15, 0.2) is 0 Å². The molecule has 4 heteroatoms. The minimum Gasteiger partial charge on any atom is -0.332 e. The van der Waals surface area contributed by atoms with Crippen molar-refractivity contribution in [3.63, 3.8) is 0 Å². The number of aryl methyl sites for hydroxylation is 2. The molecule has 0 unspecified atom stereocenters. The van der Waals surface area contributed by atoms with Crippen LogP contribution in [0.4, 0.5) is 0 Å². The molecule has 0 aliphatic heterocycles. The summed E-state index contributed by atoms with van der Waals surface area (Å²) < 4.78 is 1.68. The first kappa shape index (κ1) is 14.3. The van der Waals surface area contributed by atoms with E-state index in [-0.39, 0.29) is 11.9 Å². The highest BCUT2D eigenvalue weighted by molar-refractivity contribution is 5.95. The van der Waals surface area contributed by atoms with E-state index in [1.807, 2.05) is 63.1 Å². The van der Waals surface area contributed by atoms with Gasteiger partial charge in [0.25, 0.3) is 5.91 Å². The molecule has 0 saturated carbocycles. The molecule has 106 valence electrons. The van der Waals surface area contributed by atoms with E-state index in [4.69, 9.17) is 0 Å². The number of carbonyl (C=O) groups is 1. The predicted molar refractivity (Wildman–Crippen MR) is 79.4 cm³/mol. The van der Waals surface area contributed by atoms with Crippen molar-refractivity contribution in [1.29, 1.82) is 0 Å². The molecule has 0 aliphatic rings. The Balaban J connectivity index is 2.25. The number of hydrogen-bond acceptors (Lipinski definition) is 2. The summed E-state index contributed by atoms with van der Waals surface area (Å²) in [6, 6.07) is 10.2. The molecular weight excluding hydrogens is 250 g/mol. The van der Waals surface area contributed by atoms with Crippen LogP contribution in [0, 0.1) is 6.92 Å². The summed E-state index contributed by atoms with van der Waals surface area (Å²) in [6.07, 6.45) is 1.79. The van der Waals surface area contributed by atoms with E-state index in [1.54, 1.807) is 10.9 Å². The van der Waals surface area contributed by atoms with Gasteiger partial charge in [0.1, 0.15) is 0 Å². The number of nitrogens with zero attached hydrogens (tertiary/aromatic N) is 3. The molecule has 1 aromatic heterocycles. The van der Waals surface area contributed by atoms with Crippen LogP contribution in [0.3, 0.4) is 0 Å². The zero-order valence-electron chi connectivity index (χ0n) is 12.5. The Labute approximate surface area is 120 Å². The van der Waals surface area contributed by atoms with Crippen molar-refractivity contribution in [2.75, 3.05) is 0 Å². The summed E-state index contributed by atoms with van der Waals surface area (Å²) in [5.74, 6) is 0.0365. The van der Waals surface area contributed by atoms with Crippen LogP contribution in [0.2, 0.25) is 0 Å². The van der Waals surface area contributed by atoms with Crippen LogP contribution in [0.15, 0.2) is 36.5 Å². The number of aromatic nitrogens is 2. The molecule has 20 heavy (non-hydrogen) atoms. The van der Waals surface area contributed by atoms with Crippen LogP contribution < -0.4 is 0 Å². The third kappa shape index (κ3) is 3.07. The third-order valence-electron chi connectivity index (χ3n) is 3.32. The van der Waals surface area contributed by atoms with E-state index < -0.39 is 0 Å². The van der Waals surface area contributed by atoms with Crippen molar-refractivity contribution in [2.24, 2.45) is 7.05 Å². The summed E-state index contributed by atoms with van der Waals surface area (Å²) in [5, 5.41) is 4.25. The topological polar surface area (TPSA) is 38.1 Å². The largest absolute Gasteiger partial charge is 0.332 e. The number of carbonyl (C=O) groups excluding carboxylic acids is 1. The molecule has 0 bridgehead atoms. The molecule has 1 aromatic carbocycles. The van der Waals surface area contributed by atoms with Crippen molar-refractivity contribution >= 4 is 5.91 Å². The standard InChI is InChI=1S/C16H21N3O/c1-12(2)19(10-14-8-6-5-7-9-14)16(20)15-11-18(4)17-13(15)3/h5-9,11-12H,10H2,1-4H3. The highest BCUT2D eigenvalue weighted by atomic mass is 16.2. The summed E-state index contributed by atoms with van der Waals surface area (Å²) in [4.78, 5) is 14.6. The first-order chi connectivity index (χ1) is 9.49. The molecule has 2 aromatic rings. The van der Waals surface area contributed by atoms with Crippen molar-refractivity contribution < 1.29 is 4.79 Å². The Bertz CT molecular complexity index is 587. The quantitative estimate of drug-likeness (QED) is 0.857. The van der Waals surface area contributed by atoms with Crippen LogP contribution in [0.1, 0.15) is 35.5 Å². The Morgan fingerprint density at radius 3 is 2.45 bits per heavy atom. The third-order valence-corrected chi connectivity index (χ3v) is 3.32. The van der Waals surface area contributed by atoms with Crippen LogP contribution in [-0.4, -0.2) is 26.6 Å². The van der Waals surface area contributed by atoms with Gasteiger partial charge in [-0.05, 0) is 26.3 Å². The monoisotopic (exact) mass is 271 g/mol. The smallest absolute Gasteiger partial charge is 0.257 e. The fourth-order valence-corrected chi connectivity index (χ4v) is 2.23. The van der Waals surface area contributed by atoms with E-state index >= 15 is 0 Å². The second-order valence-corrected chi connectivity index (χ2v) is 5.31. The van der Waals surface area contributed by atoms with Gasteiger partial charge in [0, 0.05) is 25.8 Å². The van der Waals surface area contributed by atoms with Gasteiger partial charge < -0.3 is 4.90 Å². The normalized spacial score (nSPS) is 10.8. The van der Waals surface area contributed by atoms with Crippen molar-refractivity contribution in [2.45, 2.75) is 33.4 Å². The zero-order valence-corrected chi connectivity index (χ0v) is 12.5. The van der Waals surface area contributed by atoms with Crippen molar-refractivity contribution in [3.8, 4) is 0 Å². The van der Waals surface area contributed by atoms with E-state index in [1.165, 1.54) is 0 Å². The maximum absolute atomic E-state index is 12.7. The van der Waals surface area contributed by atoms with Gasteiger partial charge in [-0.25, -0.2) is 0 Å². The summed E-state index contributed by atoms with van der Waals surface area (Å²) in [7, 11) is 1.83. The van der Waals surface area contributed by atoms with E-state index in [0.29, 0.717) is 12.1 Å². The molecule has 0 radical (unpaired) electrons. The van der Waals surface area contributed by atoms with Crippen molar-refractivity contribution in [3.05, 3.63) is 53.3 Å². The van der Waals surface area contributed by atoms with E-state index in [0.717, 1.165) is 11.3 Å². The fourth-order valence-electron chi connectivity index (χ4n) is 2.23. The molecular formula is C16H21N3O. The number of benzene rings is 1. The molecule has 0 saturated heterocycles. The maximum Gasteiger partial charge on any atom is 0.257 e. The number of rotatable bonds is 4. The second-order valence-electron chi connectivity index (χ2n) is 5.31. The Kier molecular flexibility index (Phi) is 4.23. The zero-order chi connectivity index (χ0) is 14.7. The molecule has 1 amide bonds. The Hall–Kier alpha value is -2.10. The number of amides is 1. The average Bonchev–Trinajstić information content (AvgIpc) is 2.75. The molecule has 0 aliphatic carbocycles. The molecule has 0 spiro atoms. The van der Waals surface area contributed by atoms with Gasteiger partial charge >= 0.3 is 0 Å². The van der Waals surface area contributed by atoms with Gasteiger partial charge in [-0.15, -0.1) is 0 Å². The van der Waals surface area contributed by atoms with Crippen LogP contribution in [-0.2, 0) is 13.6 Å². The first-order valence-electron chi connectivity index (χ1n) is 6.84. The van der Waals surface area contributed by atoms with Gasteiger partial charge in [-0.1, -0.05) is 30.3 Å². The lowest BCUT2D eigenvalue weighted by Crippen LogP contribution is -2.36. The molecule has 1 heterocycles. The van der Waals surface area contributed by atoms with E-state index in [2.05, 4.69) is 5.10 Å². The molecule has 0 fully saturated rings. The lowest BCUT2D eigenvalue weighted by molar-refractivity contribution is 0.0689. The summed E-state index contributed by atoms with van der Waals surface area (Å²) >= 11 is 0. The molecule has 0 N–H and O–H groups in total.